The Labute approximate surface area is 114 Å². The highest BCUT2D eigenvalue weighted by atomic mass is 16.5. The highest BCUT2D eigenvalue weighted by molar-refractivity contribution is 6.00. The van der Waals surface area contributed by atoms with Crippen molar-refractivity contribution >= 4 is 11.9 Å². The molecule has 0 amide bonds. The van der Waals surface area contributed by atoms with E-state index >= 15 is 0 Å². The molecule has 19 heavy (non-hydrogen) atoms. The van der Waals surface area contributed by atoms with Crippen LogP contribution >= 0.6 is 0 Å². The van der Waals surface area contributed by atoms with Crippen molar-refractivity contribution in [1.82, 2.24) is 0 Å². The summed E-state index contributed by atoms with van der Waals surface area (Å²) in [6, 6.07) is 0. The minimum absolute atomic E-state index is 0.237. The smallest absolute Gasteiger partial charge is 0.323 e. The molecule has 0 N–H and O–H groups in total. The average molecular weight is 266 g/mol. The topological polar surface area (TPSA) is 52.6 Å². The number of hydrogen-bond donors (Lipinski definition) is 0. The summed E-state index contributed by atoms with van der Waals surface area (Å²) in [6.07, 6.45) is 6.82. The zero-order chi connectivity index (χ0) is 14.5. The Balaban J connectivity index is 2.96. The molecule has 0 aromatic rings. The maximum atomic E-state index is 12.1. The molecule has 0 radical (unpaired) electrons. The van der Waals surface area contributed by atoms with Gasteiger partial charge in [-0.1, -0.05) is 17.7 Å². The standard InChI is InChI=1S/C15H22O4/c1-11(2)10-15(13(16)18-3,14(17)19-4)9-5-6-12-7-8-12/h5-6,12H,1,7-10H2,2-4H3/b6-5+. The van der Waals surface area contributed by atoms with Crippen molar-refractivity contribution in [3.63, 3.8) is 0 Å². The summed E-state index contributed by atoms with van der Waals surface area (Å²) in [5.74, 6) is -0.539. The molecule has 0 heterocycles. The number of rotatable bonds is 7. The van der Waals surface area contributed by atoms with Gasteiger partial charge in [0.05, 0.1) is 14.2 Å². The Hall–Kier alpha value is -1.58. The normalized spacial score (nSPS) is 15.3. The fourth-order valence-corrected chi connectivity index (χ4v) is 2.12. The predicted molar refractivity (Wildman–Crippen MR) is 72.4 cm³/mol. The van der Waals surface area contributed by atoms with Gasteiger partial charge in [0.15, 0.2) is 5.41 Å². The van der Waals surface area contributed by atoms with Crippen molar-refractivity contribution in [1.29, 1.82) is 0 Å². The second-order valence-electron chi connectivity index (χ2n) is 5.17. The third kappa shape index (κ3) is 3.94. The monoisotopic (exact) mass is 266 g/mol. The number of methoxy groups -OCH3 is 2. The molecule has 0 spiro atoms. The lowest BCUT2D eigenvalue weighted by Gasteiger charge is -2.27. The molecule has 106 valence electrons. The predicted octanol–water partition coefficient (Wildman–Crippen LogP) is 2.64. The second kappa shape index (κ2) is 6.55. The molecule has 0 aliphatic heterocycles. The Kier molecular flexibility index (Phi) is 5.33. The van der Waals surface area contributed by atoms with Crippen LogP contribution in [0.15, 0.2) is 24.3 Å². The molecule has 1 aliphatic carbocycles. The van der Waals surface area contributed by atoms with Gasteiger partial charge in [-0.2, -0.15) is 0 Å². The third-order valence-corrected chi connectivity index (χ3v) is 3.25. The summed E-state index contributed by atoms with van der Waals surface area (Å²) in [6.45, 7) is 5.57. The first kappa shape index (κ1) is 15.5. The van der Waals surface area contributed by atoms with Crippen molar-refractivity contribution in [3.8, 4) is 0 Å². The maximum Gasteiger partial charge on any atom is 0.323 e. The fraction of sp³-hybridized carbons (Fsp3) is 0.600. The summed E-state index contributed by atoms with van der Waals surface area (Å²) >= 11 is 0. The van der Waals surface area contributed by atoms with Gasteiger partial charge in [-0.05, 0) is 38.5 Å². The molecule has 1 aliphatic rings. The van der Waals surface area contributed by atoms with E-state index in [-0.39, 0.29) is 12.8 Å². The maximum absolute atomic E-state index is 12.1. The Morgan fingerprint density at radius 2 is 1.79 bits per heavy atom. The number of esters is 2. The van der Waals surface area contributed by atoms with Gasteiger partial charge in [-0.25, -0.2) is 0 Å². The van der Waals surface area contributed by atoms with Gasteiger partial charge in [0, 0.05) is 0 Å². The molecule has 0 unspecified atom stereocenters. The van der Waals surface area contributed by atoms with Crippen LogP contribution in [0.1, 0.15) is 32.6 Å². The summed E-state index contributed by atoms with van der Waals surface area (Å²) in [5.41, 5.74) is -0.559. The minimum atomic E-state index is -1.30. The zero-order valence-electron chi connectivity index (χ0n) is 11.9. The van der Waals surface area contributed by atoms with E-state index in [0.717, 1.165) is 5.57 Å². The Bertz CT molecular complexity index is 375. The van der Waals surface area contributed by atoms with E-state index in [0.29, 0.717) is 5.92 Å². The first-order valence-corrected chi connectivity index (χ1v) is 6.44. The van der Waals surface area contributed by atoms with E-state index in [4.69, 9.17) is 9.47 Å². The van der Waals surface area contributed by atoms with Gasteiger partial charge < -0.3 is 9.47 Å². The Morgan fingerprint density at radius 1 is 1.26 bits per heavy atom. The van der Waals surface area contributed by atoms with Gasteiger partial charge in [0.2, 0.25) is 0 Å². The Morgan fingerprint density at radius 3 is 2.16 bits per heavy atom. The molecule has 1 fully saturated rings. The molecule has 0 bridgehead atoms. The van der Waals surface area contributed by atoms with Crippen molar-refractivity contribution in [3.05, 3.63) is 24.3 Å². The SMILES string of the molecule is C=C(C)CC(C/C=C/C1CC1)(C(=O)OC)C(=O)OC. The zero-order valence-corrected chi connectivity index (χ0v) is 11.9. The first-order valence-electron chi connectivity index (χ1n) is 6.44. The van der Waals surface area contributed by atoms with Crippen LogP contribution in [-0.4, -0.2) is 26.2 Å². The van der Waals surface area contributed by atoms with Crippen molar-refractivity contribution < 1.29 is 19.1 Å². The lowest BCUT2D eigenvalue weighted by Crippen LogP contribution is -2.41. The highest BCUT2D eigenvalue weighted by Crippen LogP contribution is 2.35. The van der Waals surface area contributed by atoms with E-state index < -0.39 is 17.4 Å². The number of carbonyl (C=O) groups is 2. The molecular weight excluding hydrogens is 244 g/mol. The van der Waals surface area contributed by atoms with E-state index in [1.54, 1.807) is 6.92 Å². The first-order chi connectivity index (χ1) is 8.96. The fourth-order valence-electron chi connectivity index (χ4n) is 2.12. The summed E-state index contributed by atoms with van der Waals surface area (Å²) in [7, 11) is 2.56. The largest absolute Gasteiger partial charge is 0.468 e. The lowest BCUT2D eigenvalue weighted by atomic mass is 9.78. The van der Waals surface area contributed by atoms with Crippen LogP contribution in [0.2, 0.25) is 0 Å². The van der Waals surface area contributed by atoms with E-state index in [9.17, 15) is 9.59 Å². The van der Waals surface area contributed by atoms with Crippen LogP contribution in [0.5, 0.6) is 0 Å². The number of allylic oxidation sites excluding steroid dienone is 3. The molecule has 4 heteroatoms. The molecule has 0 aromatic carbocycles. The van der Waals surface area contributed by atoms with Crippen LogP contribution in [0.4, 0.5) is 0 Å². The number of carbonyl (C=O) groups excluding carboxylic acids is 2. The molecule has 4 nitrogen and oxygen atoms in total. The quantitative estimate of drug-likeness (QED) is 0.404. The summed E-state index contributed by atoms with van der Waals surface area (Å²) in [5, 5.41) is 0. The van der Waals surface area contributed by atoms with Crippen LogP contribution in [0.3, 0.4) is 0 Å². The van der Waals surface area contributed by atoms with Gasteiger partial charge in [0.1, 0.15) is 0 Å². The van der Waals surface area contributed by atoms with Crippen LogP contribution in [0.25, 0.3) is 0 Å². The van der Waals surface area contributed by atoms with Gasteiger partial charge in [-0.3, -0.25) is 9.59 Å². The summed E-state index contributed by atoms with van der Waals surface area (Å²) < 4.78 is 9.60. The number of hydrogen-bond acceptors (Lipinski definition) is 4. The molecule has 1 saturated carbocycles. The molecular formula is C15H22O4. The van der Waals surface area contributed by atoms with Crippen molar-refractivity contribution in [2.24, 2.45) is 11.3 Å². The van der Waals surface area contributed by atoms with E-state index in [1.807, 2.05) is 6.08 Å². The average Bonchev–Trinajstić information content (AvgIpc) is 3.19. The lowest BCUT2D eigenvalue weighted by molar-refractivity contribution is -0.168. The number of ether oxygens (including phenoxy) is 2. The van der Waals surface area contributed by atoms with Crippen molar-refractivity contribution in [2.75, 3.05) is 14.2 Å². The highest BCUT2D eigenvalue weighted by Gasteiger charge is 2.47. The van der Waals surface area contributed by atoms with E-state index in [1.165, 1.54) is 27.1 Å². The van der Waals surface area contributed by atoms with Gasteiger partial charge >= 0.3 is 11.9 Å². The molecule has 1 rings (SSSR count). The van der Waals surface area contributed by atoms with E-state index in [2.05, 4.69) is 12.7 Å². The van der Waals surface area contributed by atoms with Crippen LogP contribution in [-0.2, 0) is 19.1 Å². The minimum Gasteiger partial charge on any atom is -0.468 e. The second-order valence-corrected chi connectivity index (χ2v) is 5.17. The molecule has 0 atom stereocenters. The molecule has 0 aromatic heterocycles. The summed E-state index contributed by atoms with van der Waals surface area (Å²) in [4.78, 5) is 24.1. The van der Waals surface area contributed by atoms with Crippen LogP contribution in [0, 0.1) is 11.3 Å². The van der Waals surface area contributed by atoms with Crippen LogP contribution < -0.4 is 0 Å². The van der Waals surface area contributed by atoms with Gasteiger partial charge in [0.25, 0.3) is 0 Å². The molecule has 0 saturated heterocycles. The third-order valence-electron chi connectivity index (χ3n) is 3.25. The van der Waals surface area contributed by atoms with Crippen molar-refractivity contribution in [2.45, 2.75) is 32.6 Å². The van der Waals surface area contributed by atoms with Gasteiger partial charge in [-0.15, -0.1) is 6.58 Å².